The fraction of sp³-hybridized carbons (Fsp3) is 0.562. The zero-order valence-electron chi connectivity index (χ0n) is 11.8. The lowest BCUT2D eigenvalue weighted by molar-refractivity contribution is -0.119. The molecule has 1 amide bonds. The van der Waals surface area contributed by atoms with Crippen molar-refractivity contribution in [2.45, 2.75) is 38.6 Å². The number of amides is 1. The molecule has 19 heavy (non-hydrogen) atoms. The van der Waals surface area contributed by atoms with Gasteiger partial charge in [-0.2, -0.15) is 0 Å². The maximum Gasteiger partial charge on any atom is 0.228 e. The van der Waals surface area contributed by atoms with E-state index < -0.39 is 0 Å². The smallest absolute Gasteiger partial charge is 0.228 e. The second-order valence-corrected chi connectivity index (χ2v) is 6.31. The summed E-state index contributed by atoms with van der Waals surface area (Å²) in [7, 11) is 1.87. The lowest BCUT2D eigenvalue weighted by Gasteiger charge is -2.41. The fourth-order valence-electron chi connectivity index (χ4n) is 3.15. The van der Waals surface area contributed by atoms with Crippen LogP contribution < -0.4 is 10.2 Å². The van der Waals surface area contributed by atoms with Crippen LogP contribution in [0, 0.1) is 5.41 Å². The predicted octanol–water partition coefficient (Wildman–Crippen LogP) is 2.87. The van der Waals surface area contributed by atoms with Gasteiger partial charge in [-0.05, 0) is 29.9 Å². The first-order valence-corrected chi connectivity index (χ1v) is 7.18. The minimum atomic E-state index is 0.178. The molecule has 1 saturated carbocycles. The van der Waals surface area contributed by atoms with Crippen LogP contribution in [-0.4, -0.2) is 19.5 Å². The van der Waals surface area contributed by atoms with Gasteiger partial charge in [0.1, 0.15) is 0 Å². The largest absolute Gasteiger partial charge is 0.315 e. The Morgan fingerprint density at radius 3 is 2.79 bits per heavy atom. The number of nitrogens with one attached hydrogen (secondary N) is 1. The molecule has 1 unspecified atom stereocenters. The molecule has 1 aliphatic heterocycles. The Kier molecular flexibility index (Phi) is 3.09. The van der Waals surface area contributed by atoms with Gasteiger partial charge in [-0.1, -0.05) is 31.5 Å². The van der Waals surface area contributed by atoms with Crippen LogP contribution in [0.2, 0.25) is 0 Å². The van der Waals surface area contributed by atoms with Crippen molar-refractivity contribution in [3.63, 3.8) is 0 Å². The van der Waals surface area contributed by atoms with Crippen molar-refractivity contribution in [2.24, 2.45) is 5.41 Å². The Morgan fingerprint density at radius 2 is 2.11 bits per heavy atom. The number of carbonyl (C=O) groups excluding carboxylic acids is 1. The van der Waals surface area contributed by atoms with Gasteiger partial charge in [0.05, 0.1) is 0 Å². The Bertz CT molecular complexity index is 493. The van der Waals surface area contributed by atoms with Gasteiger partial charge >= 0.3 is 0 Å². The third-order valence-corrected chi connectivity index (χ3v) is 4.76. The zero-order valence-corrected chi connectivity index (χ0v) is 11.8. The predicted molar refractivity (Wildman–Crippen MR) is 77.2 cm³/mol. The Morgan fingerprint density at radius 1 is 1.37 bits per heavy atom. The van der Waals surface area contributed by atoms with Gasteiger partial charge < -0.3 is 10.2 Å². The second kappa shape index (κ2) is 4.64. The summed E-state index contributed by atoms with van der Waals surface area (Å²) in [4.78, 5) is 13.8. The summed E-state index contributed by atoms with van der Waals surface area (Å²) in [5, 5.41) is 3.62. The molecule has 1 fully saturated rings. The first kappa shape index (κ1) is 12.7. The van der Waals surface area contributed by atoms with Crippen LogP contribution >= 0.6 is 0 Å². The molecule has 0 spiro atoms. The Hall–Kier alpha value is -1.35. The molecular weight excluding hydrogens is 236 g/mol. The molecule has 0 saturated heterocycles. The normalized spacial score (nSPS) is 24.8. The maximum atomic E-state index is 12.1. The Balaban J connectivity index is 1.78. The molecule has 0 bridgehead atoms. The van der Waals surface area contributed by atoms with Crippen molar-refractivity contribution in [1.29, 1.82) is 0 Å². The summed E-state index contributed by atoms with van der Waals surface area (Å²) in [5.41, 5.74) is 2.75. The summed E-state index contributed by atoms with van der Waals surface area (Å²) in [6, 6.07) is 8.41. The zero-order chi connectivity index (χ0) is 13.5. The Labute approximate surface area is 115 Å². The van der Waals surface area contributed by atoms with Crippen LogP contribution in [-0.2, 0) is 4.79 Å². The van der Waals surface area contributed by atoms with Crippen LogP contribution in [0.15, 0.2) is 24.3 Å². The van der Waals surface area contributed by atoms with E-state index in [-0.39, 0.29) is 11.9 Å². The number of hydrogen-bond acceptors (Lipinski definition) is 2. The average molecular weight is 258 g/mol. The highest BCUT2D eigenvalue weighted by Gasteiger charge is 2.34. The number of carbonyl (C=O) groups is 1. The number of benzene rings is 1. The molecule has 2 aliphatic rings. The molecule has 0 aromatic heterocycles. The molecule has 1 atom stereocenters. The number of para-hydroxylation sites is 1. The monoisotopic (exact) mass is 258 g/mol. The molecule has 3 nitrogen and oxygen atoms in total. The SMILES string of the molecule is CN1C(=O)CC(NCC2(C)CCC2)c2ccccc21. The van der Waals surface area contributed by atoms with Gasteiger partial charge in [0, 0.05) is 31.7 Å². The molecule has 102 valence electrons. The third kappa shape index (κ3) is 2.27. The number of fused-ring (bicyclic) bond motifs is 1. The highest BCUT2D eigenvalue weighted by molar-refractivity contribution is 5.96. The van der Waals surface area contributed by atoms with E-state index in [0.29, 0.717) is 11.8 Å². The lowest BCUT2D eigenvalue weighted by Crippen LogP contribution is -2.43. The van der Waals surface area contributed by atoms with Gasteiger partial charge in [0.2, 0.25) is 5.91 Å². The fourth-order valence-corrected chi connectivity index (χ4v) is 3.15. The highest BCUT2D eigenvalue weighted by Crippen LogP contribution is 2.41. The molecule has 3 heteroatoms. The summed E-state index contributed by atoms with van der Waals surface area (Å²) in [6.07, 6.45) is 4.54. The van der Waals surface area contributed by atoms with E-state index in [2.05, 4.69) is 24.4 Å². The summed E-state index contributed by atoms with van der Waals surface area (Å²) >= 11 is 0. The number of anilines is 1. The summed E-state index contributed by atoms with van der Waals surface area (Å²) in [5.74, 6) is 0.204. The molecule has 1 aromatic rings. The van der Waals surface area contributed by atoms with Crippen LogP contribution in [0.5, 0.6) is 0 Å². The summed E-state index contributed by atoms with van der Waals surface area (Å²) in [6.45, 7) is 3.36. The first-order valence-electron chi connectivity index (χ1n) is 7.18. The van der Waals surface area contributed by atoms with E-state index in [1.165, 1.54) is 24.8 Å². The molecule has 1 N–H and O–H groups in total. The van der Waals surface area contributed by atoms with Crippen LogP contribution in [0.3, 0.4) is 0 Å². The van der Waals surface area contributed by atoms with E-state index in [0.717, 1.165) is 12.2 Å². The number of hydrogen-bond donors (Lipinski definition) is 1. The molecule has 3 rings (SSSR count). The average Bonchev–Trinajstić information content (AvgIpc) is 2.39. The standard InChI is InChI=1S/C16H22N2O/c1-16(8-5-9-16)11-17-13-10-15(19)18(2)14-7-4-3-6-12(13)14/h3-4,6-7,13,17H,5,8-11H2,1-2H3. The molecular formula is C16H22N2O. The van der Waals surface area contributed by atoms with Gasteiger partial charge in [-0.15, -0.1) is 0 Å². The van der Waals surface area contributed by atoms with Crippen molar-refractivity contribution >= 4 is 11.6 Å². The van der Waals surface area contributed by atoms with E-state index in [4.69, 9.17) is 0 Å². The van der Waals surface area contributed by atoms with Crippen LogP contribution in [0.25, 0.3) is 0 Å². The lowest BCUT2D eigenvalue weighted by atomic mass is 9.70. The first-order chi connectivity index (χ1) is 9.09. The van der Waals surface area contributed by atoms with Crippen LogP contribution in [0.4, 0.5) is 5.69 Å². The third-order valence-electron chi connectivity index (χ3n) is 4.76. The van der Waals surface area contributed by atoms with Crippen molar-refractivity contribution < 1.29 is 4.79 Å². The van der Waals surface area contributed by atoms with E-state index in [9.17, 15) is 4.79 Å². The van der Waals surface area contributed by atoms with Crippen LogP contribution in [0.1, 0.15) is 44.2 Å². The van der Waals surface area contributed by atoms with Crippen molar-refractivity contribution in [3.05, 3.63) is 29.8 Å². The topological polar surface area (TPSA) is 32.3 Å². The van der Waals surface area contributed by atoms with E-state index >= 15 is 0 Å². The molecule has 1 aliphatic carbocycles. The van der Waals surface area contributed by atoms with Crippen molar-refractivity contribution in [3.8, 4) is 0 Å². The van der Waals surface area contributed by atoms with Gasteiger partial charge in [-0.25, -0.2) is 0 Å². The second-order valence-electron chi connectivity index (χ2n) is 6.31. The highest BCUT2D eigenvalue weighted by atomic mass is 16.2. The minimum Gasteiger partial charge on any atom is -0.315 e. The quantitative estimate of drug-likeness (QED) is 0.904. The van der Waals surface area contributed by atoms with E-state index in [1.807, 2.05) is 19.2 Å². The maximum absolute atomic E-state index is 12.1. The van der Waals surface area contributed by atoms with Crippen molar-refractivity contribution in [2.75, 3.05) is 18.5 Å². The molecule has 1 heterocycles. The van der Waals surface area contributed by atoms with Crippen molar-refractivity contribution in [1.82, 2.24) is 5.32 Å². The number of rotatable bonds is 3. The molecule has 1 aromatic carbocycles. The van der Waals surface area contributed by atoms with E-state index in [1.54, 1.807) is 4.90 Å². The van der Waals surface area contributed by atoms with Gasteiger partial charge in [0.15, 0.2) is 0 Å². The minimum absolute atomic E-state index is 0.178. The number of nitrogens with zero attached hydrogens (tertiary/aromatic N) is 1. The van der Waals surface area contributed by atoms with Gasteiger partial charge in [-0.3, -0.25) is 4.79 Å². The van der Waals surface area contributed by atoms with Gasteiger partial charge in [0.25, 0.3) is 0 Å². The summed E-state index contributed by atoms with van der Waals surface area (Å²) < 4.78 is 0. The molecule has 0 radical (unpaired) electrons.